The van der Waals surface area contributed by atoms with Crippen molar-refractivity contribution in [3.63, 3.8) is 0 Å². The summed E-state index contributed by atoms with van der Waals surface area (Å²) in [4.78, 5) is 12.3. The Hall–Kier alpha value is -3.84. The van der Waals surface area contributed by atoms with Crippen molar-refractivity contribution in [1.82, 2.24) is 0 Å². The van der Waals surface area contributed by atoms with Gasteiger partial charge in [0.05, 0.1) is 0 Å². The number of hydrogen-bond acceptors (Lipinski definition) is 3. The number of nitrogens with one attached hydrogen (secondary N) is 1. The van der Waals surface area contributed by atoms with Crippen LogP contribution in [0.25, 0.3) is 6.08 Å². The molecule has 1 amide bonds. The molecule has 1 N–H and O–H groups in total. The molecule has 0 saturated carbocycles. The van der Waals surface area contributed by atoms with Gasteiger partial charge in [-0.1, -0.05) is 60.7 Å². The Bertz CT molecular complexity index is 957. The van der Waals surface area contributed by atoms with Crippen LogP contribution < -0.4 is 10.1 Å². The zero-order chi connectivity index (χ0) is 18.9. The lowest BCUT2D eigenvalue weighted by atomic mass is 10.1. The molecule has 3 rings (SSSR count). The quantitative estimate of drug-likeness (QED) is 0.510. The molecule has 3 aromatic carbocycles. The fraction of sp³-hybridized carbons (Fsp3) is 0.0435. The molecule has 4 heteroatoms. The number of nitriles is 1. The highest BCUT2D eigenvalue weighted by Crippen LogP contribution is 2.18. The van der Waals surface area contributed by atoms with E-state index in [1.54, 1.807) is 30.3 Å². The van der Waals surface area contributed by atoms with Gasteiger partial charge in [0.2, 0.25) is 0 Å². The van der Waals surface area contributed by atoms with Crippen LogP contribution >= 0.6 is 0 Å². The first-order valence-corrected chi connectivity index (χ1v) is 8.49. The van der Waals surface area contributed by atoms with Crippen molar-refractivity contribution in [3.05, 3.63) is 102 Å². The topological polar surface area (TPSA) is 62.1 Å². The number of ether oxygens (including phenoxy) is 1. The number of nitrogens with zero attached hydrogens (tertiary/aromatic N) is 1. The minimum atomic E-state index is -0.445. The lowest BCUT2D eigenvalue weighted by Crippen LogP contribution is -2.13. The zero-order valence-electron chi connectivity index (χ0n) is 14.6. The smallest absolute Gasteiger partial charge is 0.266 e. The van der Waals surface area contributed by atoms with Crippen LogP contribution in [-0.2, 0) is 11.4 Å². The predicted molar refractivity (Wildman–Crippen MR) is 106 cm³/mol. The zero-order valence-corrected chi connectivity index (χ0v) is 14.6. The molecule has 0 aliphatic rings. The second kappa shape index (κ2) is 9.02. The number of rotatable bonds is 6. The van der Waals surface area contributed by atoms with Crippen LogP contribution in [0.5, 0.6) is 5.75 Å². The van der Waals surface area contributed by atoms with Gasteiger partial charge < -0.3 is 10.1 Å². The van der Waals surface area contributed by atoms with Gasteiger partial charge in [-0.05, 0) is 41.5 Å². The SMILES string of the molecule is N#C/C(=C/c1ccccc1)C(=O)Nc1ccc(OCc2ccccc2)cc1. The average molecular weight is 354 g/mol. The first-order valence-electron chi connectivity index (χ1n) is 8.49. The van der Waals surface area contributed by atoms with E-state index in [0.29, 0.717) is 18.0 Å². The van der Waals surface area contributed by atoms with E-state index < -0.39 is 5.91 Å². The van der Waals surface area contributed by atoms with E-state index in [9.17, 15) is 10.1 Å². The predicted octanol–water partition coefficient (Wildman–Crippen LogP) is 4.81. The van der Waals surface area contributed by atoms with Crippen LogP contribution in [0.4, 0.5) is 5.69 Å². The molecule has 0 fully saturated rings. The van der Waals surface area contributed by atoms with Gasteiger partial charge in [-0.15, -0.1) is 0 Å². The van der Waals surface area contributed by atoms with Crippen LogP contribution in [-0.4, -0.2) is 5.91 Å². The van der Waals surface area contributed by atoms with E-state index in [2.05, 4.69) is 5.32 Å². The van der Waals surface area contributed by atoms with Crippen molar-refractivity contribution in [2.45, 2.75) is 6.61 Å². The highest BCUT2D eigenvalue weighted by Gasteiger charge is 2.09. The third-order valence-electron chi connectivity index (χ3n) is 3.84. The van der Waals surface area contributed by atoms with E-state index in [1.807, 2.05) is 66.7 Å². The summed E-state index contributed by atoms with van der Waals surface area (Å²) in [5, 5.41) is 12.0. The molecule has 4 nitrogen and oxygen atoms in total. The molecule has 0 radical (unpaired) electrons. The van der Waals surface area contributed by atoms with E-state index >= 15 is 0 Å². The maximum absolute atomic E-state index is 12.3. The van der Waals surface area contributed by atoms with E-state index in [1.165, 1.54) is 0 Å². The molecule has 0 spiro atoms. The Morgan fingerprint density at radius 2 is 1.56 bits per heavy atom. The van der Waals surface area contributed by atoms with Crippen LogP contribution in [0.15, 0.2) is 90.5 Å². The number of carbonyl (C=O) groups excluding carboxylic acids is 1. The van der Waals surface area contributed by atoms with Crippen molar-refractivity contribution in [2.24, 2.45) is 0 Å². The molecule has 0 atom stereocenters. The Kier molecular flexibility index (Phi) is 6.00. The Morgan fingerprint density at radius 1 is 0.926 bits per heavy atom. The number of amides is 1. The van der Waals surface area contributed by atoms with Crippen LogP contribution in [0.2, 0.25) is 0 Å². The molecular weight excluding hydrogens is 336 g/mol. The van der Waals surface area contributed by atoms with Crippen molar-refractivity contribution < 1.29 is 9.53 Å². The van der Waals surface area contributed by atoms with Crippen LogP contribution in [0.3, 0.4) is 0 Å². The summed E-state index contributed by atoms with van der Waals surface area (Å²) >= 11 is 0. The average Bonchev–Trinajstić information content (AvgIpc) is 2.73. The third kappa shape index (κ3) is 5.32. The number of carbonyl (C=O) groups is 1. The van der Waals surface area contributed by atoms with Crippen molar-refractivity contribution in [3.8, 4) is 11.8 Å². The summed E-state index contributed by atoms with van der Waals surface area (Å²) in [6.07, 6.45) is 1.56. The first-order chi connectivity index (χ1) is 13.2. The lowest BCUT2D eigenvalue weighted by Gasteiger charge is -2.08. The normalized spacial score (nSPS) is 10.7. The molecular formula is C23H18N2O2. The second-order valence-electron chi connectivity index (χ2n) is 5.83. The molecule has 0 bridgehead atoms. The monoisotopic (exact) mass is 354 g/mol. The van der Waals surface area contributed by atoms with E-state index in [0.717, 1.165) is 11.1 Å². The van der Waals surface area contributed by atoms with Gasteiger partial charge in [0, 0.05) is 5.69 Å². The summed E-state index contributed by atoms with van der Waals surface area (Å²) in [6, 6.07) is 28.2. The molecule has 0 saturated heterocycles. The van der Waals surface area contributed by atoms with Gasteiger partial charge in [-0.25, -0.2) is 0 Å². The van der Waals surface area contributed by atoms with Gasteiger partial charge in [0.25, 0.3) is 5.91 Å². The van der Waals surface area contributed by atoms with Gasteiger partial charge in [0.1, 0.15) is 24.0 Å². The molecule has 0 aliphatic heterocycles. The van der Waals surface area contributed by atoms with E-state index in [-0.39, 0.29) is 5.57 Å². The van der Waals surface area contributed by atoms with Crippen molar-refractivity contribution in [1.29, 1.82) is 5.26 Å². The van der Waals surface area contributed by atoms with Gasteiger partial charge in [0.15, 0.2) is 0 Å². The fourth-order valence-corrected chi connectivity index (χ4v) is 2.44. The molecule has 0 heterocycles. The number of benzene rings is 3. The molecule has 0 aromatic heterocycles. The van der Waals surface area contributed by atoms with Gasteiger partial charge in [-0.2, -0.15) is 5.26 Å². The number of hydrogen-bond donors (Lipinski definition) is 1. The maximum Gasteiger partial charge on any atom is 0.266 e. The molecule has 27 heavy (non-hydrogen) atoms. The summed E-state index contributed by atoms with van der Waals surface area (Å²) in [6.45, 7) is 0.477. The minimum absolute atomic E-state index is 0.0469. The highest BCUT2D eigenvalue weighted by atomic mass is 16.5. The van der Waals surface area contributed by atoms with Gasteiger partial charge in [-0.3, -0.25) is 4.79 Å². The summed E-state index contributed by atoms with van der Waals surface area (Å²) in [5.41, 5.74) is 2.53. The molecule has 132 valence electrons. The van der Waals surface area contributed by atoms with Crippen LogP contribution in [0, 0.1) is 11.3 Å². The lowest BCUT2D eigenvalue weighted by molar-refractivity contribution is -0.112. The minimum Gasteiger partial charge on any atom is -0.489 e. The first kappa shape index (κ1) is 18.0. The van der Waals surface area contributed by atoms with Crippen molar-refractivity contribution in [2.75, 3.05) is 5.32 Å². The largest absolute Gasteiger partial charge is 0.489 e. The van der Waals surface area contributed by atoms with Crippen LogP contribution in [0.1, 0.15) is 11.1 Å². The summed E-state index contributed by atoms with van der Waals surface area (Å²) in [7, 11) is 0. The third-order valence-corrected chi connectivity index (χ3v) is 3.84. The standard InChI is InChI=1S/C23H18N2O2/c24-16-20(15-18-7-3-1-4-8-18)23(26)25-21-11-13-22(14-12-21)27-17-19-9-5-2-6-10-19/h1-15H,17H2,(H,25,26)/b20-15-. The number of anilines is 1. The summed E-state index contributed by atoms with van der Waals surface area (Å²) < 4.78 is 5.72. The Morgan fingerprint density at radius 3 is 2.19 bits per heavy atom. The molecule has 3 aromatic rings. The van der Waals surface area contributed by atoms with Gasteiger partial charge >= 0.3 is 0 Å². The Labute approximate surface area is 158 Å². The molecule has 0 unspecified atom stereocenters. The van der Waals surface area contributed by atoms with E-state index in [4.69, 9.17) is 4.74 Å². The summed E-state index contributed by atoms with van der Waals surface area (Å²) in [5.74, 6) is 0.261. The Balaban J connectivity index is 1.61. The molecule has 0 aliphatic carbocycles. The fourth-order valence-electron chi connectivity index (χ4n) is 2.44. The maximum atomic E-state index is 12.3. The second-order valence-corrected chi connectivity index (χ2v) is 5.83. The highest BCUT2D eigenvalue weighted by molar-refractivity contribution is 6.09. The van der Waals surface area contributed by atoms with Crippen molar-refractivity contribution >= 4 is 17.7 Å².